The molecule has 2 heterocycles. The highest BCUT2D eigenvalue weighted by atomic mass is 16.1. The van der Waals surface area contributed by atoms with Gasteiger partial charge in [-0.05, 0) is 49.4 Å². The zero-order valence-electron chi connectivity index (χ0n) is 16.8. The van der Waals surface area contributed by atoms with E-state index in [0.29, 0.717) is 22.7 Å². The SMILES string of the molecule is Cc1cc(Nc2nn(-c3ccc(Nc4ccccc4)cc3)c(=O)c3ccccc23)n[nH]1. The first kappa shape index (κ1) is 18.6. The summed E-state index contributed by atoms with van der Waals surface area (Å²) in [4.78, 5) is 13.1. The van der Waals surface area contributed by atoms with Gasteiger partial charge >= 0.3 is 0 Å². The van der Waals surface area contributed by atoms with Crippen LogP contribution in [0.1, 0.15) is 5.69 Å². The molecule has 3 aromatic carbocycles. The summed E-state index contributed by atoms with van der Waals surface area (Å²) in [6, 6.07) is 26.8. The highest BCUT2D eigenvalue weighted by molar-refractivity contribution is 5.92. The first-order valence-corrected chi connectivity index (χ1v) is 9.91. The Hall–Kier alpha value is -4.39. The monoisotopic (exact) mass is 408 g/mol. The van der Waals surface area contributed by atoms with Gasteiger partial charge in [0, 0.05) is 28.5 Å². The van der Waals surface area contributed by atoms with E-state index in [9.17, 15) is 4.79 Å². The van der Waals surface area contributed by atoms with E-state index in [1.807, 2.05) is 91.9 Å². The van der Waals surface area contributed by atoms with Crippen LogP contribution in [0.15, 0.2) is 89.7 Å². The quantitative estimate of drug-likeness (QED) is 0.385. The lowest BCUT2D eigenvalue weighted by Gasteiger charge is -2.12. The number of rotatable bonds is 5. The van der Waals surface area contributed by atoms with E-state index in [4.69, 9.17) is 0 Å². The van der Waals surface area contributed by atoms with E-state index in [0.717, 1.165) is 22.5 Å². The van der Waals surface area contributed by atoms with Gasteiger partial charge in [-0.3, -0.25) is 9.89 Å². The zero-order chi connectivity index (χ0) is 21.2. The van der Waals surface area contributed by atoms with E-state index in [-0.39, 0.29) is 5.56 Å². The largest absolute Gasteiger partial charge is 0.356 e. The van der Waals surface area contributed by atoms with Crippen LogP contribution in [0.3, 0.4) is 0 Å². The van der Waals surface area contributed by atoms with Crippen LogP contribution in [-0.4, -0.2) is 20.0 Å². The molecule has 0 aliphatic carbocycles. The molecule has 0 radical (unpaired) electrons. The van der Waals surface area contributed by atoms with Gasteiger partial charge in [0.15, 0.2) is 11.6 Å². The van der Waals surface area contributed by atoms with Crippen LogP contribution < -0.4 is 16.2 Å². The van der Waals surface area contributed by atoms with Gasteiger partial charge in [0.1, 0.15) is 0 Å². The van der Waals surface area contributed by atoms with Crippen molar-refractivity contribution in [3.05, 3.63) is 101 Å². The lowest BCUT2D eigenvalue weighted by atomic mass is 10.2. The number of aromatic nitrogens is 4. The van der Waals surface area contributed by atoms with Crippen molar-refractivity contribution in [3.8, 4) is 5.69 Å². The van der Waals surface area contributed by atoms with Crippen molar-refractivity contribution < 1.29 is 0 Å². The molecule has 152 valence electrons. The molecule has 0 atom stereocenters. The van der Waals surface area contributed by atoms with Crippen LogP contribution in [0.5, 0.6) is 0 Å². The summed E-state index contributed by atoms with van der Waals surface area (Å²) in [5.41, 5.74) is 3.35. The van der Waals surface area contributed by atoms with Crippen LogP contribution in [0.4, 0.5) is 23.0 Å². The summed E-state index contributed by atoms with van der Waals surface area (Å²) in [5.74, 6) is 1.20. The van der Waals surface area contributed by atoms with E-state index in [2.05, 4.69) is 25.9 Å². The third-order valence-electron chi connectivity index (χ3n) is 4.93. The number of nitrogens with one attached hydrogen (secondary N) is 3. The molecule has 0 amide bonds. The van der Waals surface area contributed by atoms with Gasteiger partial charge < -0.3 is 10.6 Å². The molecule has 0 unspecified atom stereocenters. The maximum absolute atomic E-state index is 13.1. The molecule has 7 heteroatoms. The molecule has 5 aromatic rings. The Kier molecular flexibility index (Phi) is 4.68. The highest BCUT2D eigenvalue weighted by Crippen LogP contribution is 2.23. The van der Waals surface area contributed by atoms with Crippen LogP contribution in [0.2, 0.25) is 0 Å². The van der Waals surface area contributed by atoms with Crippen molar-refractivity contribution in [3.63, 3.8) is 0 Å². The Morgan fingerprint density at radius 2 is 1.48 bits per heavy atom. The fourth-order valence-electron chi connectivity index (χ4n) is 3.43. The molecule has 5 rings (SSSR count). The van der Waals surface area contributed by atoms with Gasteiger partial charge in [-0.15, -0.1) is 5.10 Å². The predicted octanol–water partition coefficient (Wildman–Crippen LogP) is 4.90. The van der Waals surface area contributed by atoms with Crippen LogP contribution in [-0.2, 0) is 0 Å². The van der Waals surface area contributed by atoms with Crippen molar-refractivity contribution >= 4 is 33.8 Å². The lowest BCUT2D eigenvalue weighted by molar-refractivity contribution is 0.826. The molecule has 31 heavy (non-hydrogen) atoms. The molecule has 3 N–H and O–H groups in total. The second kappa shape index (κ2) is 7.79. The number of nitrogens with zero attached hydrogens (tertiary/aromatic N) is 3. The normalized spacial score (nSPS) is 10.9. The van der Waals surface area contributed by atoms with Crippen molar-refractivity contribution in [2.45, 2.75) is 6.92 Å². The Labute approximate surface area is 178 Å². The Bertz CT molecular complexity index is 1400. The fourth-order valence-corrected chi connectivity index (χ4v) is 3.43. The lowest BCUT2D eigenvalue weighted by Crippen LogP contribution is -2.22. The topological polar surface area (TPSA) is 87.6 Å². The summed E-state index contributed by atoms with van der Waals surface area (Å²) >= 11 is 0. The molecule has 0 fully saturated rings. The van der Waals surface area contributed by atoms with Crippen LogP contribution >= 0.6 is 0 Å². The standard InChI is InChI=1S/C24H20N6O/c1-16-15-22(28-27-16)26-23-20-9-5-6-10-21(20)24(31)30(29-23)19-13-11-18(12-14-19)25-17-7-3-2-4-8-17/h2-15,25H,1H3,(H2,26,27,28,29). The van der Waals surface area contributed by atoms with Crippen molar-refractivity contribution in [1.29, 1.82) is 0 Å². The predicted molar refractivity (Wildman–Crippen MR) is 124 cm³/mol. The highest BCUT2D eigenvalue weighted by Gasteiger charge is 2.13. The van der Waals surface area contributed by atoms with E-state index in [1.54, 1.807) is 0 Å². The van der Waals surface area contributed by atoms with Gasteiger partial charge in [0.05, 0.1) is 11.1 Å². The first-order valence-electron chi connectivity index (χ1n) is 9.91. The summed E-state index contributed by atoms with van der Waals surface area (Å²) in [7, 11) is 0. The second-order valence-corrected chi connectivity index (χ2v) is 7.21. The first-order chi connectivity index (χ1) is 15.2. The number of aryl methyl sites for hydroxylation is 1. The molecular formula is C24H20N6O. The molecule has 0 bridgehead atoms. The number of aromatic amines is 1. The number of fused-ring (bicyclic) bond motifs is 1. The molecule has 2 aromatic heterocycles. The molecule has 7 nitrogen and oxygen atoms in total. The number of H-pyrrole nitrogens is 1. The molecule has 0 saturated carbocycles. The summed E-state index contributed by atoms with van der Waals surface area (Å²) in [6.45, 7) is 1.93. The maximum Gasteiger partial charge on any atom is 0.279 e. The number of anilines is 4. The summed E-state index contributed by atoms with van der Waals surface area (Å²) in [6.07, 6.45) is 0. The summed E-state index contributed by atoms with van der Waals surface area (Å²) < 4.78 is 1.41. The zero-order valence-corrected chi connectivity index (χ0v) is 16.8. The molecule has 0 saturated heterocycles. The average Bonchev–Trinajstić information content (AvgIpc) is 3.22. The Morgan fingerprint density at radius 3 is 2.19 bits per heavy atom. The van der Waals surface area contributed by atoms with Gasteiger partial charge in [0.25, 0.3) is 5.56 Å². The summed E-state index contributed by atoms with van der Waals surface area (Å²) in [5, 5.41) is 19.6. The minimum atomic E-state index is -0.178. The number of benzene rings is 3. The second-order valence-electron chi connectivity index (χ2n) is 7.21. The number of para-hydroxylation sites is 1. The Balaban J connectivity index is 1.54. The molecule has 0 aliphatic rings. The third kappa shape index (κ3) is 3.76. The molecular weight excluding hydrogens is 388 g/mol. The van der Waals surface area contributed by atoms with Gasteiger partial charge in [-0.1, -0.05) is 36.4 Å². The average molecular weight is 408 g/mol. The van der Waals surface area contributed by atoms with Crippen LogP contribution in [0, 0.1) is 6.92 Å². The fraction of sp³-hybridized carbons (Fsp3) is 0.0417. The minimum Gasteiger partial charge on any atom is -0.356 e. The number of hydrogen-bond donors (Lipinski definition) is 3. The van der Waals surface area contributed by atoms with E-state index in [1.165, 1.54) is 4.68 Å². The van der Waals surface area contributed by atoms with Gasteiger partial charge in [-0.25, -0.2) is 0 Å². The smallest absolute Gasteiger partial charge is 0.279 e. The minimum absolute atomic E-state index is 0.178. The molecule has 0 spiro atoms. The van der Waals surface area contributed by atoms with Gasteiger partial charge in [-0.2, -0.15) is 9.78 Å². The Morgan fingerprint density at radius 1 is 0.806 bits per heavy atom. The molecule has 0 aliphatic heterocycles. The van der Waals surface area contributed by atoms with Crippen LogP contribution in [0.25, 0.3) is 16.5 Å². The van der Waals surface area contributed by atoms with E-state index < -0.39 is 0 Å². The number of hydrogen-bond acceptors (Lipinski definition) is 5. The van der Waals surface area contributed by atoms with E-state index >= 15 is 0 Å². The van der Waals surface area contributed by atoms with Gasteiger partial charge in [0.2, 0.25) is 0 Å². The van der Waals surface area contributed by atoms with Crippen molar-refractivity contribution in [2.24, 2.45) is 0 Å². The van der Waals surface area contributed by atoms with Crippen molar-refractivity contribution in [1.82, 2.24) is 20.0 Å². The third-order valence-corrected chi connectivity index (χ3v) is 4.93. The maximum atomic E-state index is 13.1. The van der Waals surface area contributed by atoms with Crippen molar-refractivity contribution in [2.75, 3.05) is 10.6 Å².